The summed E-state index contributed by atoms with van der Waals surface area (Å²) in [4.78, 5) is 75.9. The van der Waals surface area contributed by atoms with Crippen molar-refractivity contribution in [1.82, 2.24) is 59.6 Å². The van der Waals surface area contributed by atoms with E-state index in [1.807, 2.05) is 0 Å². The molecule has 0 saturated carbocycles. The van der Waals surface area contributed by atoms with Crippen LogP contribution >= 0.6 is 0 Å². The minimum Gasteiger partial charge on any atom is -0.354 e. The van der Waals surface area contributed by atoms with Crippen molar-refractivity contribution >= 4 is 68.3 Å². The standard InChI is InChI=1S/3C17H22N6O/c3*1-11-5-6-23(15(24)8-18-3)9-14(11)22(4)17-13-7-12(2)21-16(13)19-10-20-17/h3*7,10-11,14H,5-6,8-9H2,1-2,4H3,(H,19,20,21)/t3*11-,14+/m111/s1/i4D3,5D2,6D2,7D,8D2,9D2,10D,11D;1D3,4D3,5D2,6D2,7D,8D2,9D2,10D;4D3,5D2,6D2,7D,8D2,9D2,10D. The normalized spacial score (nSPS) is 38.2. The minimum atomic E-state index is -3.94. The minimum absolute atomic E-state index is 0.0157. The first-order valence-corrected chi connectivity index (χ1v) is 20.3. The molecular weight excluding hydrogens is 913 g/mol. The Labute approximate surface area is 481 Å². The van der Waals surface area contributed by atoms with Gasteiger partial charge in [0.25, 0.3) is 19.5 Å². The fourth-order valence-electron chi connectivity index (χ4n) is 6.53. The van der Waals surface area contributed by atoms with Crippen molar-refractivity contribution in [3.8, 4) is 0 Å². The molecule has 6 aromatic heterocycles. The first-order chi connectivity index (χ1) is 51.2. The van der Waals surface area contributed by atoms with Gasteiger partial charge in [0.15, 0.2) is 0 Å². The average molecular weight is 1020 g/mol. The summed E-state index contributed by atoms with van der Waals surface area (Å²) in [7, 11) is 0. The van der Waals surface area contributed by atoms with Gasteiger partial charge in [-0.15, -0.1) is 0 Å². The highest BCUT2D eigenvalue weighted by molar-refractivity contribution is 5.90. The molecule has 0 aromatic carbocycles. The molecule has 378 valence electrons. The van der Waals surface area contributed by atoms with Crippen LogP contribution in [0.15, 0.2) is 37.0 Å². The summed E-state index contributed by atoms with van der Waals surface area (Å²) < 4.78 is 354. The molecule has 0 bridgehead atoms. The molecule has 3 N–H and O–H groups in total. The Kier molecular flexibility index (Phi) is 6.36. The maximum absolute atomic E-state index is 13.1. The summed E-state index contributed by atoms with van der Waals surface area (Å²) in [5.41, 5.74) is -0.156. The molecule has 3 saturated heterocycles. The lowest BCUT2D eigenvalue weighted by atomic mass is 9.92. The Morgan fingerprint density at radius 2 is 0.972 bits per heavy atom. The number of aromatic amines is 3. The van der Waals surface area contributed by atoms with Gasteiger partial charge in [-0.05, 0) is 75.7 Å². The highest BCUT2D eigenvalue weighted by Crippen LogP contribution is 2.32. The van der Waals surface area contributed by atoms with Crippen molar-refractivity contribution in [3.63, 3.8) is 0 Å². The summed E-state index contributed by atoms with van der Waals surface area (Å²) in [6.07, 6.45) is -13.0. The molecule has 72 heavy (non-hydrogen) atoms. The summed E-state index contributed by atoms with van der Waals surface area (Å²) in [5.74, 6) is -16.5. The number of anilines is 3. The third-order valence-corrected chi connectivity index (χ3v) is 9.83. The Bertz CT molecular complexity index is 5000. The second kappa shape index (κ2) is 22.9. The summed E-state index contributed by atoms with van der Waals surface area (Å²) in [6, 6.07) is -8.88. The lowest BCUT2D eigenvalue weighted by Gasteiger charge is -2.41. The van der Waals surface area contributed by atoms with Gasteiger partial charge in [0.1, 0.15) is 65.6 Å². The summed E-state index contributed by atoms with van der Waals surface area (Å²) in [5, 5.41) is -0.992. The van der Waals surface area contributed by atoms with Gasteiger partial charge in [0.05, 0.1) is 46.6 Å². The number of rotatable bonds is 9. The van der Waals surface area contributed by atoms with Crippen LogP contribution in [-0.2, 0) is 14.4 Å². The maximum Gasteiger partial charge on any atom is 0.302 e. The van der Waals surface area contributed by atoms with E-state index in [9.17, 15) is 14.4 Å². The summed E-state index contributed by atoms with van der Waals surface area (Å²) >= 11 is 0. The molecule has 21 heteroatoms. The maximum atomic E-state index is 13.1. The second-order valence-corrected chi connectivity index (χ2v) is 14.8. The first kappa shape index (κ1) is 20.0. The molecule has 3 amide bonds. The van der Waals surface area contributed by atoms with E-state index in [0.717, 1.165) is 6.92 Å². The second-order valence-electron chi connectivity index (χ2n) is 14.8. The lowest BCUT2D eigenvalue weighted by molar-refractivity contribution is -0.131. The molecule has 9 rings (SSSR count). The van der Waals surface area contributed by atoms with Crippen LogP contribution in [0.2, 0.25) is 0 Å². The van der Waals surface area contributed by atoms with E-state index >= 15 is 0 Å². The zero-order valence-electron chi connectivity index (χ0n) is 80.8. The molecule has 6 atom stereocenters. The highest BCUT2D eigenvalue weighted by atomic mass is 16.2. The van der Waals surface area contributed by atoms with Gasteiger partial charge >= 0.3 is 17.7 Å². The van der Waals surface area contributed by atoms with E-state index in [-0.39, 0.29) is 66.7 Å². The van der Waals surface area contributed by atoms with Gasteiger partial charge in [0, 0.05) is 111 Å². The van der Waals surface area contributed by atoms with Gasteiger partial charge in [-0.1, -0.05) is 20.7 Å². The van der Waals surface area contributed by atoms with Gasteiger partial charge < -0.3 is 58.9 Å². The molecule has 0 radical (unpaired) electrons. The van der Waals surface area contributed by atoms with Crippen LogP contribution < -0.4 is 14.7 Å². The van der Waals surface area contributed by atoms with E-state index in [1.54, 1.807) is 0 Å². The number of aryl methyl sites for hydroxylation is 3. The van der Waals surface area contributed by atoms with Crippen LogP contribution in [0.5, 0.6) is 0 Å². The smallest absolute Gasteiger partial charge is 0.302 e. The van der Waals surface area contributed by atoms with Gasteiger partial charge in [-0.25, -0.2) is 49.6 Å². The van der Waals surface area contributed by atoms with E-state index < -0.39 is 221 Å². The lowest BCUT2D eigenvalue weighted by Crippen LogP contribution is -2.53. The van der Waals surface area contributed by atoms with Gasteiger partial charge in [-0.2, -0.15) is 0 Å². The number of hydrogen-bond acceptors (Lipinski definition) is 12. The SMILES string of the molecule is [2H]c1nc(N([C@@H]2[C@H](C([2H])([2H])[2H])C([2H])([2H])C([2H])([2H])N(C(=O)C([2H])([2H])[N+]#[C-])C2([2H])[2H])C([2H])([2H])[2H])c2c([2H])c(C)[nH]c2n1.[2H]c1nc(N([C@@H]2[C@H](C)C([2H])([2H])C([2H])([2H])N(C(=O)C([2H])([2H])[N+]#[C-])C2([2H])[2H])C([2H])([2H])[2H])c2c([2H])c(C)[nH]c2n1.[2H]c1nc(N([C@H]2C([2H])([2H])N(C(=O)C([2H])([2H])[N+]#[C-])C([2H])([2H])C([2H])([2H])[C@@]2([2H])C)C([2H])([2H])[2H])c2c([2H])c(C)[nH]c2n1. The van der Waals surface area contributed by atoms with Gasteiger partial charge in [0.2, 0.25) is 0 Å². The largest absolute Gasteiger partial charge is 0.354 e. The topological polar surface area (TPSA) is 208 Å². The number of aromatic nitrogens is 9. The van der Waals surface area contributed by atoms with Crippen LogP contribution in [0, 0.1) is 58.2 Å². The molecule has 21 nitrogen and oxygen atoms in total. The fourth-order valence-corrected chi connectivity index (χ4v) is 6.53. The van der Waals surface area contributed by atoms with E-state index in [4.69, 9.17) is 78.7 Å². The van der Waals surface area contributed by atoms with Crippen molar-refractivity contribution in [1.29, 1.82) is 0 Å². The number of carbonyl (C=O) groups is 3. The third-order valence-electron chi connectivity index (χ3n) is 9.83. The number of H-pyrrole nitrogens is 3. The average Bonchev–Trinajstić information content (AvgIpc) is 1.68. The number of piperidine rings is 3. The number of hydrogen-bond donors (Lipinski definition) is 3. The van der Waals surface area contributed by atoms with Crippen molar-refractivity contribution in [2.75, 3.05) is 94.1 Å². The number of nitrogens with zero attached hydrogens (tertiary/aromatic N) is 15. The van der Waals surface area contributed by atoms with Gasteiger partial charge in [-0.3, -0.25) is 14.4 Å². The molecule has 0 unspecified atom stereocenters. The Morgan fingerprint density at radius 1 is 0.625 bits per heavy atom. The molecule has 3 aliphatic rings. The Morgan fingerprint density at radius 3 is 1.35 bits per heavy atom. The number of carbonyl (C=O) groups excluding carboxylic acids is 3. The number of nitrogens with one attached hydrogen (secondary N) is 3. The van der Waals surface area contributed by atoms with Crippen molar-refractivity contribution < 1.29 is 73.3 Å². The van der Waals surface area contributed by atoms with Crippen LogP contribution in [-0.4, -0.2) is 175 Å². The molecule has 9 heterocycles. The molecule has 6 aromatic rings. The molecule has 3 aliphatic heterocycles. The van der Waals surface area contributed by atoms with Crippen LogP contribution in [0.1, 0.15) is 116 Å². The third kappa shape index (κ3) is 11.5. The number of likely N-dealkylation sites (tertiary alicyclic amines) is 3. The van der Waals surface area contributed by atoms with E-state index in [0.29, 0.717) is 11.8 Å². The van der Waals surface area contributed by atoms with Crippen molar-refractivity contribution in [3.05, 3.63) is 88.4 Å². The van der Waals surface area contributed by atoms with E-state index in [2.05, 4.69) is 59.4 Å². The van der Waals surface area contributed by atoms with Crippen LogP contribution in [0.4, 0.5) is 17.5 Å². The van der Waals surface area contributed by atoms with Crippen molar-refractivity contribution in [2.24, 2.45) is 17.7 Å². The van der Waals surface area contributed by atoms with Crippen molar-refractivity contribution in [2.45, 2.75) is 78.7 Å². The summed E-state index contributed by atoms with van der Waals surface area (Å²) in [6.45, 7) is -20.2. The Hall–Kier alpha value is -7.86. The fraction of sp³-hybridized carbons (Fsp3) is 0.529. The molecule has 0 aliphatic carbocycles. The predicted molar refractivity (Wildman–Crippen MR) is 278 cm³/mol. The zero-order valence-corrected chi connectivity index (χ0v) is 37.8. The quantitative estimate of drug-likeness (QED) is 0.152. The number of amides is 3. The number of fused-ring (bicyclic) bond motifs is 3. The van der Waals surface area contributed by atoms with E-state index in [1.165, 1.54) is 20.8 Å². The zero-order chi connectivity index (χ0) is 89.5. The van der Waals surface area contributed by atoms with Crippen LogP contribution in [0.25, 0.3) is 47.6 Å². The Balaban J connectivity index is 0.000000239. The number of likely N-dealkylation sites (N-methyl/N-ethyl adjacent to an activating group) is 3. The predicted octanol–water partition coefficient (Wildman–Crippen LogP) is 5.58. The highest BCUT2D eigenvalue weighted by Gasteiger charge is 2.36. The molecular formula is C51H66N18O3. The molecule has 0 spiro atoms. The monoisotopic (exact) mass is 1020 g/mol. The first-order valence-electron chi connectivity index (χ1n) is 41.8. The molecule has 3 fully saturated rings. The van der Waals surface area contributed by atoms with Crippen LogP contribution in [0.3, 0.4) is 0 Å².